The first-order chi connectivity index (χ1) is 31.6. The molecule has 5 nitrogen and oxygen atoms in total. The highest BCUT2D eigenvalue weighted by molar-refractivity contribution is 5.92. The molecule has 1 aliphatic heterocycles. The molecular formula is C59H36N4O. The van der Waals surface area contributed by atoms with Gasteiger partial charge >= 0.3 is 0 Å². The van der Waals surface area contributed by atoms with Gasteiger partial charge < -0.3 is 4.74 Å². The highest BCUT2D eigenvalue weighted by atomic mass is 16.5. The first-order valence-electron chi connectivity index (χ1n) is 21.4. The molecule has 12 rings (SSSR count). The zero-order valence-electron chi connectivity index (χ0n) is 34.5. The maximum absolute atomic E-state index is 9.52. The van der Waals surface area contributed by atoms with Crippen LogP contribution in [0.4, 0.5) is 0 Å². The number of hydrogen-bond donors (Lipinski definition) is 0. The average Bonchev–Trinajstić information content (AvgIpc) is 3.66. The monoisotopic (exact) mass is 816 g/mol. The van der Waals surface area contributed by atoms with Crippen molar-refractivity contribution >= 4 is 0 Å². The van der Waals surface area contributed by atoms with E-state index < -0.39 is 5.41 Å². The lowest BCUT2D eigenvalue weighted by Crippen LogP contribution is -2.32. The zero-order chi connectivity index (χ0) is 42.6. The van der Waals surface area contributed by atoms with Gasteiger partial charge in [0.15, 0.2) is 17.5 Å². The van der Waals surface area contributed by atoms with E-state index in [-0.39, 0.29) is 0 Å². The van der Waals surface area contributed by atoms with Gasteiger partial charge in [-0.2, -0.15) is 5.26 Å². The number of ether oxygens (including phenoxy) is 1. The highest BCUT2D eigenvalue weighted by Gasteiger charge is 2.51. The van der Waals surface area contributed by atoms with E-state index in [1.165, 1.54) is 22.3 Å². The smallest absolute Gasteiger partial charge is 0.164 e. The number of nitriles is 1. The van der Waals surface area contributed by atoms with E-state index in [0.29, 0.717) is 23.0 Å². The van der Waals surface area contributed by atoms with Crippen molar-refractivity contribution in [1.29, 1.82) is 5.26 Å². The second-order valence-electron chi connectivity index (χ2n) is 16.3. The van der Waals surface area contributed by atoms with Crippen LogP contribution in [0.3, 0.4) is 0 Å². The Hall–Kier alpha value is -8.72. The van der Waals surface area contributed by atoms with Gasteiger partial charge in [-0.05, 0) is 104 Å². The number of aromatic nitrogens is 3. The average molecular weight is 817 g/mol. The van der Waals surface area contributed by atoms with Gasteiger partial charge in [0.25, 0.3) is 0 Å². The Balaban J connectivity index is 0.987. The van der Waals surface area contributed by atoms with E-state index in [0.717, 1.165) is 72.7 Å². The van der Waals surface area contributed by atoms with Gasteiger partial charge in [0.05, 0.1) is 17.0 Å². The quantitative estimate of drug-likeness (QED) is 0.167. The minimum absolute atomic E-state index is 0.619. The fourth-order valence-electron chi connectivity index (χ4n) is 9.65. The van der Waals surface area contributed by atoms with Crippen molar-refractivity contribution < 1.29 is 4.74 Å². The van der Waals surface area contributed by atoms with Gasteiger partial charge in [0, 0.05) is 27.8 Å². The highest BCUT2D eigenvalue weighted by Crippen LogP contribution is 2.62. The molecule has 298 valence electrons. The topological polar surface area (TPSA) is 71.7 Å². The van der Waals surface area contributed by atoms with Gasteiger partial charge in [-0.1, -0.05) is 170 Å². The summed E-state index contributed by atoms with van der Waals surface area (Å²) < 4.78 is 6.67. The van der Waals surface area contributed by atoms with Gasteiger partial charge in [-0.15, -0.1) is 0 Å². The molecule has 5 heteroatoms. The molecule has 0 N–H and O–H groups in total. The summed E-state index contributed by atoms with van der Waals surface area (Å²) in [6.07, 6.45) is 0. The fraction of sp³-hybridized carbons (Fsp3) is 0.0169. The lowest BCUT2D eigenvalue weighted by Gasteiger charge is -2.39. The molecule has 2 aliphatic rings. The van der Waals surface area contributed by atoms with E-state index in [4.69, 9.17) is 19.7 Å². The summed E-state index contributed by atoms with van der Waals surface area (Å²) >= 11 is 0. The van der Waals surface area contributed by atoms with Crippen LogP contribution in [0.5, 0.6) is 11.5 Å². The van der Waals surface area contributed by atoms with Crippen molar-refractivity contribution in [2.24, 2.45) is 0 Å². The molecule has 0 unspecified atom stereocenters. The number of hydrogen-bond acceptors (Lipinski definition) is 5. The third-order valence-corrected chi connectivity index (χ3v) is 12.6. The maximum atomic E-state index is 9.52. The summed E-state index contributed by atoms with van der Waals surface area (Å²) in [6.45, 7) is 0. The Labute approximate surface area is 371 Å². The van der Waals surface area contributed by atoms with Gasteiger partial charge in [-0.25, -0.2) is 15.0 Å². The molecule has 1 aliphatic carbocycles. The van der Waals surface area contributed by atoms with Crippen LogP contribution in [0.2, 0.25) is 0 Å². The molecule has 0 atom stereocenters. The Bertz CT molecular complexity index is 3380. The van der Waals surface area contributed by atoms with Crippen LogP contribution in [0, 0.1) is 11.3 Å². The first-order valence-corrected chi connectivity index (χ1v) is 21.4. The number of benzene rings is 9. The number of nitrogens with zero attached hydrogens (tertiary/aromatic N) is 4. The number of para-hydroxylation sites is 2. The first kappa shape index (κ1) is 37.1. The predicted octanol–water partition coefficient (Wildman–Crippen LogP) is 14.2. The number of rotatable bonds is 6. The second kappa shape index (κ2) is 15.0. The summed E-state index contributed by atoms with van der Waals surface area (Å²) in [5, 5.41) is 9.52. The summed E-state index contributed by atoms with van der Waals surface area (Å²) in [6, 6.07) is 78.2. The SMILES string of the molecule is N#Cc1ccc(-c2ccc3c(c2)C2(c4ccccc4Oc4ccccc42)c2cc(-c4cccc(-c5cccc(-c6nc(-c7ccccc7)nc(-c7ccccc7)n6)c5)c4)ccc2-3)cc1. The molecule has 0 radical (unpaired) electrons. The molecule has 10 aromatic rings. The summed E-state index contributed by atoms with van der Waals surface area (Å²) in [5.74, 6) is 3.58. The third-order valence-electron chi connectivity index (χ3n) is 12.6. The van der Waals surface area contributed by atoms with E-state index in [2.05, 4.69) is 127 Å². The normalized spacial score (nSPS) is 12.6. The van der Waals surface area contributed by atoms with Gasteiger partial charge in [0.1, 0.15) is 11.5 Å². The molecule has 0 saturated heterocycles. The van der Waals surface area contributed by atoms with Crippen molar-refractivity contribution in [1.82, 2.24) is 15.0 Å². The molecular weight excluding hydrogens is 781 g/mol. The van der Waals surface area contributed by atoms with Crippen LogP contribution in [-0.4, -0.2) is 15.0 Å². The van der Waals surface area contributed by atoms with Crippen molar-refractivity contribution in [3.05, 3.63) is 246 Å². The second-order valence-corrected chi connectivity index (χ2v) is 16.3. The van der Waals surface area contributed by atoms with E-state index in [9.17, 15) is 5.26 Å². The van der Waals surface area contributed by atoms with Crippen LogP contribution < -0.4 is 4.74 Å². The predicted molar refractivity (Wildman–Crippen MR) is 255 cm³/mol. The van der Waals surface area contributed by atoms with E-state index in [1.807, 2.05) is 97.1 Å². The van der Waals surface area contributed by atoms with Crippen LogP contribution in [-0.2, 0) is 5.41 Å². The number of fused-ring (bicyclic) bond motifs is 9. The molecule has 0 fully saturated rings. The Morgan fingerprint density at radius 1 is 0.328 bits per heavy atom. The van der Waals surface area contributed by atoms with Crippen molar-refractivity contribution in [3.63, 3.8) is 0 Å². The molecule has 0 saturated carbocycles. The van der Waals surface area contributed by atoms with Gasteiger partial charge in [0.2, 0.25) is 0 Å². The van der Waals surface area contributed by atoms with Gasteiger partial charge in [-0.3, -0.25) is 0 Å². The van der Waals surface area contributed by atoms with Crippen LogP contribution in [0.15, 0.2) is 218 Å². The molecule has 2 heterocycles. The van der Waals surface area contributed by atoms with Crippen LogP contribution in [0.1, 0.15) is 27.8 Å². The van der Waals surface area contributed by atoms with Crippen molar-refractivity contribution in [2.75, 3.05) is 0 Å². The fourth-order valence-corrected chi connectivity index (χ4v) is 9.65. The Morgan fingerprint density at radius 3 is 1.23 bits per heavy atom. The van der Waals surface area contributed by atoms with Crippen molar-refractivity contribution in [3.8, 4) is 96.2 Å². The molecule has 0 amide bonds. The molecule has 64 heavy (non-hydrogen) atoms. The van der Waals surface area contributed by atoms with E-state index in [1.54, 1.807) is 0 Å². The summed E-state index contributed by atoms with van der Waals surface area (Å²) in [7, 11) is 0. The molecule has 0 bridgehead atoms. The molecule has 9 aromatic carbocycles. The molecule has 1 aromatic heterocycles. The van der Waals surface area contributed by atoms with Crippen molar-refractivity contribution in [2.45, 2.75) is 5.41 Å². The maximum Gasteiger partial charge on any atom is 0.164 e. The standard InChI is InChI=1S/C59H36N4O/c60-37-38-25-27-39(28-26-38)45-29-31-48-49-32-30-46(36-53(49)59(52(48)35-45)50-21-7-9-23-54(50)64-55-24-10-8-22-51(55)59)43-18-11-17-42(33-43)44-19-12-20-47(34-44)58-62-56(40-13-3-1-4-14-40)61-57(63-58)41-15-5-2-6-16-41/h1-36H. The van der Waals surface area contributed by atoms with Crippen LogP contribution >= 0.6 is 0 Å². The zero-order valence-corrected chi connectivity index (χ0v) is 34.5. The minimum Gasteiger partial charge on any atom is -0.457 e. The molecule has 1 spiro atoms. The van der Waals surface area contributed by atoms with E-state index >= 15 is 0 Å². The minimum atomic E-state index is -0.650. The third kappa shape index (κ3) is 6.04. The van der Waals surface area contributed by atoms with Crippen LogP contribution in [0.25, 0.3) is 78.7 Å². The summed E-state index contributed by atoms with van der Waals surface area (Å²) in [5.41, 5.74) is 16.3. The Kier molecular flexibility index (Phi) is 8.70. The summed E-state index contributed by atoms with van der Waals surface area (Å²) in [4.78, 5) is 14.9. The lowest BCUT2D eigenvalue weighted by molar-refractivity contribution is 0.436. The Morgan fingerprint density at radius 2 is 0.719 bits per heavy atom. The largest absolute Gasteiger partial charge is 0.457 e. The lowest BCUT2D eigenvalue weighted by atomic mass is 9.65.